The highest BCUT2D eigenvalue weighted by atomic mass is 32.2. The van der Waals surface area contributed by atoms with Crippen LogP contribution in [0.25, 0.3) is 0 Å². The molecule has 1 aliphatic heterocycles. The number of hydrogen-bond acceptors (Lipinski definition) is 6. The predicted octanol–water partition coefficient (Wildman–Crippen LogP) is 4.42. The molecule has 3 rings (SSSR count). The molecule has 14 heteroatoms. The fourth-order valence-electron chi connectivity index (χ4n) is 4.53. The van der Waals surface area contributed by atoms with Gasteiger partial charge in [-0.1, -0.05) is 6.07 Å². The quantitative estimate of drug-likeness (QED) is 0.448. The third-order valence-electron chi connectivity index (χ3n) is 6.86. The van der Waals surface area contributed by atoms with Gasteiger partial charge < -0.3 is 4.90 Å². The number of aromatic nitrogens is 1. The molecule has 2 heterocycles. The average molecular weight is 583 g/mol. The highest BCUT2D eigenvalue weighted by Gasteiger charge is 2.46. The monoisotopic (exact) mass is 582 g/mol. The Kier molecular flexibility index (Phi) is 8.28. The second-order valence-electron chi connectivity index (χ2n) is 9.75. The minimum atomic E-state index is -4.74. The first kappa shape index (κ1) is 29.9. The number of carbonyl (C=O) groups is 1. The minimum Gasteiger partial charge on any atom is -0.339 e. The van der Waals surface area contributed by atoms with E-state index in [4.69, 9.17) is 0 Å². The summed E-state index contributed by atoms with van der Waals surface area (Å²) in [6.45, 7) is 2.91. The summed E-state index contributed by atoms with van der Waals surface area (Å²) in [5.74, 6) is -1.19. The first-order valence-electron chi connectivity index (χ1n) is 11.5. The lowest BCUT2D eigenvalue weighted by Crippen LogP contribution is -2.48. The van der Waals surface area contributed by atoms with E-state index in [1.807, 2.05) is 0 Å². The number of halogens is 5. The van der Waals surface area contributed by atoms with Crippen LogP contribution in [-0.2, 0) is 32.3 Å². The van der Waals surface area contributed by atoms with Gasteiger partial charge in [-0.25, -0.2) is 30.6 Å². The van der Waals surface area contributed by atoms with Crippen LogP contribution in [0.1, 0.15) is 48.2 Å². The zero-order valence-electron chi connectivity index (χ0n) is 20.8. The van der Waals surface area contributed by atoms with E-state index < -0.39 is 65.9 Å². The smallest absolute Gasteiger partial charge is 0.339 e. The van der Waals surface area contributed by atoms with Gasteiger partial charge in [-0.3, -0.25) is 4.79 Å². The van der Waals surface area contributed by atoms with Crippen molar-refractivity contribution in [3.63, 3.8) is 0 Å². The van der Waals surface area contributed by atoms with Gasteiger partial charge in [0, 0.05) is 32.0 Å². The topological polar surface area (TPSA) is 101 Å². The van der Waals surface area contributed by atoms with Gasteiger partial charge in [0.1, 0.15) is 0 Å². The molecule has 0 unspecified atom stereocenters. The molecule has 1 aromatic heterocycles. The lowest BCUT2D eigenvalue weighted by atomic mass is 9.85. The van der Waals surface area contributed by atoms with Crippen LogP contribution in [0.15, 0.2) is 46.5 Å². The maximum absolute atomic E-state index is 13.3. The van der Waals surface area contributed by atoms with Gasteiger partial charge in [0.05, 0.1) is 20.8 Å². The summed E-state index contributed by atoms with van der Waals surface area (Å²) in [6, 6.07) is 4.69. The van der Waals surface area contributed by atoms with Crippen LogP contribution in [0.3, 0.4) is 0 Å². The Morgan fingerprint density at radius 3 is 2.18 bits per heavy atom. The molecule has 1 aromatic carbocycles. The molecule has 7 nitrogen and oxygen atoms in total. The third kappa shape index (κ3) is 6.16. The van der Waals surface area contributed by atoms with Crippen molar-refractivity contribution in [3.8, 4) is 0 Å². The number of carbonyl (C=O) groups excluding carboxylic acids is 1. The van der Waals surface area contributed by atoms with Gasteiger partial charge in [-0.15, -0.1) is 0 Å². The summed E-state index contributed by atoms with van der Waals surface area (Å²) in [5, 5.41) is -0.697. The van der Waals surface area contributed by atoms with Crippen molar-refractivity contribution < 1.29 is 43.6 Å². The molecule has 0 bridgehead atoms. The van der Waals surface area contributed by atoms with E-state index in [1.54, 1.807) is 0 Å². The molecule has 2 aromatic rings. The lowest BCUT2D eigenvalue weighted by Gasteiger charge is -2.40. The van der Waals surface area contributed by atoms with Gasteiger partial charge in [-0.2, -0.15) is 13.2 Å². The van der Waals surface area contributed by atoms with Crippen LogP contribution in [0, 0.1) is 5.92 Å². The van der Waals surface area contributed by atoms with Crippen molar-refractivity contribution in [3.05, 3.63) is 53.2 Å². The number of benzene rings is 1. The van der Waals surface area contributed by atoms with Crippen molar-refractivity contribution in [2.45, 2.75) is 60.4 Å². The first-order chi connectivity index (χ1) is 17.4. The summed E-state index contributed by atoms with van der Waals surface area (Å²) < 4.78 is 115. The van der Waals surface area contributed by atoms with Crippen molar-refractivity contribution in [2.24, 2.45) is 5.92 Å². The minimum absolute atomic E-state index is 0.0560. The van der Waals surface area contributed by atoms with Crippen LogP contribution < -0.4 is 0 Å². The van der Waals surface area contributed by atoms with Crippen molar-refractivity contribution in [1.82, 2.24) is 9.88 Å². The van der Waals surface area contributed by atoms with Crippen LogP contribution in [0.2, 0.25) is 0 Å². The number of hydrogen-bond donors (Lipinski definition) is 0. The highest BCUT2D eigenvalue weighted by Crippen LogP contribution is 2.39. The Balaban J connectivity index is 1.81. The summed E-state index contributed by atoms with van der Waals surface area (Å²) in [4.78, 5) is 17.8. The second kappa shape index (κ2) is 10.5. The molecule has 1 aliphatic rings. The van der Waals surface area contributed by atoms with Crippen LogP contribution in [0.4, 0.5) is 22.0 Å². The molecular weight excluding hydrogens is 555 g/mol. The van der Waals surface area contributed by atoms with Crippen LogP contribution in [-0.4, -0.2) is 63.1 Å². The van der Waals surface area contributed by atoms with E-state index in [-0.39, 0.29) is 42.0 Å². The van der Waals surface area contributed by atoms with Crippen molar-refractivity contribution >= 4 is 25.6 Å². The summed E-state index contributed by atoms with van der Waals surface area (Å²) in [6.07, 6.45) is -6.11. The highest BCUT2D eigenvalue weighted by molar-refractivity contribution is 7.92. The van der Waals surface area contributed by atoms with Crippen LogP contribution in [0.5, 0.6) is 0 Å². The maximum atomic E-state index is 13.3. The molecule has 0 N–H and O–H groups in total. The Bertz CT molecular complexity index is 1420. The number of nitrogens with zero attached hydrogens (tertiary/aromatic N) is 2. The fraction of sp³-hybridized carbons (Fsp3) is 0.500. The van der Waals surface area contributed by atoms with E-state index in [1.165, 1.54) is 30.9 Å². The SMILES string of the molecule is CC(C)(C1CCN(C(=O)c2ccc(CC(F)F)cc2S(C)(=O)=O)CC1)S(=O)(=O)c1cc(C(F)(F)F)ccn1. The number of sulfone groups is 2. The summed E-state index contributed by atoms with van der Waals surface area (Å²) in [5.41, 5.74) is -1.25. The Morgan fingerprint density at radius 2 is 1.66 bits per heavy atom. The van der Waals surface area contributed by atoms with E-state index in [0.717, 1.165) is 18.5 Å². The Morgan fingerprint density at radius 1 is 1.05 bits per heavy atom. The predicted molar refractivity (Wildman–Crippen MR) is 128 cm³/mol. The van der Waals surface area contributed by atoms with Gasteiger partial charge in [0.25, 0.3) is 5.91 Å². The van der Waals surface area contributed by atoms with Gasteiger partial charge in [0.15, 0.2) is 14.9 Å². The standard InChI is InChI=1S/C24H27F5N2O5S2/c1-23(2,38(35,36)21-14-17(6-9-30-21)24(27,28)29)16-7-10-31(11-8-16)22(32)18-5-4-15(13-20(25)26)12-19(18)37(3,33)34/h4-6,9,12,14,16,20H,7-8,10-11,13H2,1-3H3. The molecule has 0 spiro atoms. The molecule has 38 heavy (non-hydrogen) atoms. The van der Waals surface area contributed by atoms with E-state index in [9.17, 15) is 43.6 Å². The van der Waals surface area contributed by atoms with E-state index >= 15 is 0 Å². The molecule has 0 saturated carbocycles. The zero-order chi connectivity index (χ0) is 28.7. The van der Waals surface area contributed by atoms with E-state index in [0.29, 0.717) is 12.1 Å². The molecule has 1 fully saturated rings. The maximum Gasteiger partial charge on any atom is 0.416 e. The Hall–Kier alpha value is -2.61. The second-order valence-corrected chi connectivity index (χ2v) is 14.2. The van der Waals surface area contributed by atoms with Gasteiger partial charge >= 0.3 is 6.18 Å². The number of amides is 1. The average Bonchev–Trinajstić information content (AvgIpc) is 2.82. The molecule has 1 saturated heterocycles. The number of pyridine rings is 1. The molecule has 1 amide bonds. The van der Waals surface area contributed by atoms with Crippen molar-refractivity contribution in [1.29, 1.82) is 0 Å². The largest absolute Gasteiger partial charge is 0.416 e. The van der Waals surface area contributed by atoms with Gasteiger partial charge in [-0.05, 0) is 62.4 Å². The number of likely N-dealkylation sites (tertiary alicyclic amines) is 1. The molecule has 0 radical (unpaired) electrons. The van der Waals surface area contributed by atoms with Gasteiger partial charge in [0.2, 0.25) is 16.3 Å². The number of rotatable bonds is 7. The van der Waals surface area contributed by atoms with Crippen molar-refractivity contribution in [2.75, 3.05) is 19.3 Å². The molecule has 0 aliphatic carbocycles. The number of alkyl halides is 5. The zero-order valence-corrected chi connectivity index (χ0v) is 22.4. The number of piperidine rings is 1. The fourth-order valence-corrected chi connectivity index (χ4v) is 7.14. The third-order valence-corrected chi connectivity index (χ3v) is 10.5. The summed E-state index contributed by atoms with van der Waals surface area (Å²) >= 11 is 0. The Labute approximate surface area is 217 Å². The first-order valence-corrected chi connectivity index (χ1v) is 14.9. The van der Waals surface area contributed by atoms with Crippen LogP contribution >= 0.6 is 0 Å². The molecule has 210 valence electrons. The van der Waals surface area contributed by atoms with E-state index in [2.05, 4.69) is 4.98 Å². The lowest BCUT2D eigenvalue weighted by molar-refractivity contribution is -0.137. The summed E-state index contributed by atoms with van der Waals surface area (Å²) in [7, 11) is -8.24. The molecular formula is C24H27F5N2O5S2. The normalized spacial score (nSPS) is 16.2. The molecule has 0 atom stereocenters.